The smallest absolute Gasteiger partial charge is 0.227 e. The highest BCUT2D eigenvalue weighted by molar-refractivity contribution is 5.78. The summed E-state index contributed by atoms with van der Waals surface area (Å²) in [6.45, 7) is 5.79. The Morgan fingerprint density at radius 2 is 2.07 bits per heavy atom. The van der Waals surface area contributed by atoms with Crippen LogP contribution in [0.25, 0.3) is 0 Å². The zero-order valence-corrected chi connectivity index (χ0v) is 17.4. The number of aromatic nitrogens is 1. The van der Waals surface area contributed by atoms with Crippen LogP contribution in [0.1, 0.15) is 37.0 Å². The van der Waals surface area contributed by atoms with Crippen LogP contribution in [-0.2, 0) is 17.9 Å². The van der Waals surface area contributed by atoms with E-state index in [-0.39, 0.29) is 11.8 Å². The van der Waals surface area contributed by atoms with E-state index in [1.54, 1.807) is 6.26 Å². The molecule has 6 nitrogen and oxygen atoms in total. The van der Waals surface area contributed by atoms with E-state index in [0.29, 0.717) is 12.6 Å². The van der Waals surface area contributed by atoms with Gasteiger partial charge < -0.3 is 9.32 Å². The second kappa shape index (κ2) is 9.55. The molecule has 0 spiro atoms. The van der Waals surface area contributed by atoms with Gasteiger partial charge in [0.2, 0.25) is 5.91 Å². The summed E-state index contributed by atoms with van der Waals surface area (Å²) in [4.78, 5) is 24.1. The molecule has 0 aromatic carbocycles. The number of pyridine rings is 1. The first kappa shape index (κ1) is 20.1. The molecule has 4 heterocycles. The van der Waals surface area contributed by atoms with E-state index >= 15 is 0 Å². The molecule has 0 bridgehead atoms. The lowest BCUT2D eigenvalue weighted by molar-refractivity contribution is -0.137. The molecule has 0 saturated carbocycles. The van der Waals surface area contributed by atoms with Gasteiger partial charge in [0.05, 0.1) is 18.7 Å². The van der Waals surface area contributed by atoms with Gasteiger partial charge in [-0.05, 0) is 69.1 Å². The fourth-order valence-electron chi connectivity index (χ4n) is 4.76. The number of amides is 1. The number of furan rings is 1. The molecule has 2 fully saturated rings. The lowest BCUT2D eigenvalue weighted by atomic mass is 9.93. The van der Waals surface area contributed by atoms with Gasteiger partial charge >= 0.3 is 0 Å². The molecule has 0 N–H and O–H groups in total. The molecule has 2 saturated heterocycles. The van der Waals surface area contributed by atoms with E-state index < -0.39 is 0 Å². The van der Waals surface area contributed by atoms with Crippen molar-refractivity contribution in [2.45, 2.75) is 44.8 Å². The minimum absolute atomic E-state index is 0.108. The van der Waals surface area contributed by atoms with Gasteiger partial charge in [0.25, 0.3) is 0 Å². The molecule has 1 atom stereocenters. The maximum atomic E-state index is 13.0. The second-order valence-corrected chi connectivity index (χ2v) is 8.48. The predicted octanol–water partition coefficient (Wildman–Crippen LogP) is 3.01. The fraction of sp³-hybridized carbons (Fsp3) is 0.565. The molecule has 0 unspecified atom stereocenters. The summed E-state index contributed by atoms with van der Waals surface area (Å²) in [5, 5.41) is 0. The van der Waals surface area contributed by atoms with Crippen molar-refractivity contribution in [2.24, 2.45) is 5.92 Å². The molecular formula is C23H32N4O2. The number of carbonyl (C=O) groups is 1. The third-order valence-corrected chi connectivity index (χ3v) is 6.35. The second-order valence-electron chi connectivity index (χ2n) is 8.48. The van der Waals surface area contributed by atoms with Gasteiger partial charge in [0.15, 0.2) is 0 Å². The molecule has 6 heteroatoms. The molecular weight excluding hydrogens is 364 g/mol. The zero-order chi connectivity index (χ0) is 20.1. The fourth-order valence-corrected chi connectivity index (χ4v) is 4.76. The highest BCUT2D eigenvalue weighted by Crippen LogP contribution is 2.26. The third kappa shape index (κ3) is 5.25. The minimum Gasteiger partial charge on any atom is -0.467 e. The van der Waals surface area contributed by atoms with E-state index in [1.807, 2.05) is 42.5 Å². The third-order valence-electron chi connectivity index (χ3n) is 6.35. The van der Waals surface area contributed by atoms with Crippen LogP contribution in [0, 0.1) is 5.92 Å². The molecule has 1 amide bonds. The van der Waals surface area contributed by atoms with Crippen LogP contribution in [0.4, 0.5) is 0 Å². The average molecular weight is 397 g/mol. The summed E-state index contributed by atoms with van der Waals surface area (Å²) in [7, 11) is 1.89. The van der Waals surface area contributed by atoms with Crippen molar-refractivity contribution < 1.29 is 9.21 Å². The van der Waals surface area contributed by atoms with Crippen LogP contribution < -0.4 is 0 Å². The summed E-state index contributed by atoms with van der Waals surface area (Å²) >= 11 is 0. The van der Waals surface area contributed by atoms with Crippen molar-refractivity contribution in [2.75, 3.05) is 33.2 Å². The molecule has 2 aromatic rings. The quantitative estimate of drug-likeness (QED) is 0.751. The Morgan fingerprint density at radius 1 is 1.21 bits per heavy atom. The van der Waals surface area contributed by atoms with Crippen LogP contribution in [0.2, 0.25) is 0 Å². The average Bonchev–Trinajstić information content (AvgIpc) is 3.27. The van der Waals surface area contributed by atoms with Gasteiger partial charge in [-0.1, -0.05) is 6.07 Å². The van der Waals surface area contributed by atoms with Gasteiger partial charge in [-0.25, -0.2) is 0 Å². The lowest BCUT2D eigenvalue weighted by Gasteiger charge is -2.42. The number of likely N-dealkylation sites (tertiary alicyclic amines) is 2. The Kier molecular flexibility index (Phi) is 6.62. The van der Waals surface area contributed by atoms with Crippen molar-refractivity contribution >= 4 is 5.91 Å². The van der Waals surface area contributed by atoms with Crippen molar-refractivity contribution in [3.05, 3.63) is 54.2 Å². The number of carbonyl (C=O) groups excluding carboxylic acids is 1. The molecule has 2 aliphatic rings. The van der Waals surface area contributed by atoms with E-state index in [4.69, 9.17) is 4.42 Å². The summed E-state index contributed by atoms with van der Waals surface area (Å²) < 4.78 is 5.40. The Morgan fingerprint density at radius 3 is 2.79 bits per heavy atom. The molecule has 156 valence electrons. The van der Waals surface area contributed by atoms with Crippen molar-refractivity contribution in [3.8, 4) is 0 Å². The van der Waals surface area contributed by atoms with Crippen molar-refractivity contribution in [1.82, 2.24) is 19.7 Å². The molecule has 0 aliphatic carbocycles. The number of nitrogens with zero attached hydrogens (tertiary/aromatic N) is 4. The topological polar surface area (TPSA) is 52.8 Å². The van der Waals surface area contributed by atoms with E-state index in [2.05, 4.69) is 20.9 Å². The monoisotopic (exact) mass is 396 g/mol. The largest absolute Gasteiger partial charge is 0.467 e. The van der Waals surface area contributed by atoms with Crippen LogP contribution in [0.5, 0.6) is 0 Å². The molecule has 2 aromatic heterocycles. The molecule has 29 heavy (non-hydrogen) atoms. The van der Waals surface area contributed by atoms with Crippen LogP contribution in [0.15, 0.2) is 47.3 Å². The maximum Gasteiger partial charge on any atom is 0.227 e. The summed E-state index contributed by atoms with van der Waals surface area (Å²) in [5.41, 5.74) is 1.29. The zero-order valence-electron chi connectivity index (χ0n) is 17.4. The lowest BCUT2D eigenvalue weighted by Crippen LogP contribution is -2.50. The van der Waals surface area contributed by atoms with Crippen LogP contribution >= 0.6 is 0 Å². The Hall–Kier alpha value is -2.18. The first-order chi connectivity index (χ1) is 14.2. The number of hydrogen-bond donors (Lipinski definition) is 0. The molecule has 0 radical (unpaired) electrons. The summed E-state index contributed by atoms with van der Waals surface area (Å²) in [6.07, 6.45) is 9.93. The van der Waals surface area contributed by atoms with Crippen LogP contribution in [-0.4, -0.2) is 64.9 Å². The van der Waals surface area contributed by atoms with Crippen LogP contribution in [0.3, 0.4) is 0 Å². The molecule has 2 aliphatic heterocycles. The number of piperidine rings is 2. The SMILES string of the molecule is CN(Cc1ccco1)C(=O)[C@@H]1CCCN(C2CCN(Cc3cccnc3)CC2)C1. The van der Waals surface area contributed by atoms with Gasteiger partial charge in [-0.15, -0.1) is 0 Å². The van der Waals surface area contributed by atoms with Crippen molar-refractivity contribution in [1.29, 1.82) is 0 Å². The first-order valence-electron chi connectivity index (χ1n) is 10.8. The highest BCUT2D eigenvalue weighted by Gasteiger charge is 2.32. The number of hydrogen-bond acceptors (Lipinski definition) is 5. The molecule has 4 rings (SSSR count). The number of rotatable bonds is 6. The Balaban J connectivity index is 1.26. The van der Waals surface area contributed by atoms with E-state index in [1.165, 1.54) is 18.4 Å². The normalized spacial score (nSPS) is 21.9. The minimum atomic E-state index is 0.108. The Labute approximate surface area is 173 Å². The van der Waals surface area contributed by atoms with Gasteiger partial charge in [0.1, 0.15) is 5.76 Å². The standard InChI is InChI=1S/C23H32N4O2/c1-25(18-22-7-4-14-29-22)23(28)20-6-3-11-27(17-20)21-8-12-26(13-9-21)16-19-5-2-10-24-15-19/h2,4-5,7,10,14-15,20-21H,3,6,8-9,11-13,16-18H2,1H3/t20-/m1/s1. The van der Waals surface area contributed by atoms with E-state index in [9.17, 15) is 4.79 Å². The van der Waals surface area contributed by atoms with E-state index in [0.717, 1.165) is 51.3 Å². The predicted molar refractivity (Wildman–Crippen MR) is 112 cm³/mol. The highest BCUT2D eigenvalue weighted by atomic mass is 16.3. The van der Waals surface area contributed by atoms with Gasteiger partial charge in [-0.3, -0.25) is 19.6 Å². The summed E-state index contributed by atoms with van der Waals surface area (Å²) in [5.74, 6) is 1.20. The van der Waals surface area contributed by atoms with Crippen molar-refractivity contribution in [3.63, 3.8) is 0 Å². The summed E-state index contributed by atoms with van der Waals surface area (Å²) in [6, 6.07) is 8.56. The van der Waals surface area contributed by atoms with Gasteiger partial charge in [0, 0.05) is 38.6 Å². The first-order valence-corrected chi connectivity index (χ1v) is 10.8. The Bertz CT molecular complexity index is 756. The maximum absolute atomic E-state index is 13.0. The van der Waals surface area contributed by atoms with Gasteiger partial charge in [-0.2, -0.15) is 0 Å².